The van der Waals surface area contributed by atoms with Crippen molar-refractivity contribution in [3.8, 4) is 47.4 Å². The molecule has 0 bridgehead atoms. The highest BCUT2D eigenvalue weighted by Crippen LogP contribution is 2.16. The van der Waals surface area contributed by atoms with E-state index in [0.29, 0.717) is 116 Å². The molecule has 0 saturated carbocycles. The van der Waals surface area contributed by atoms with Crippen LogP contribution in [0.3, 0.4) is 0 Å². The van der Waals surface area contributed by atoms with Crippen LogP contribution in [-0.2, 0) is 42.8 Å². The van der Waals surface area contributed by atoms with Gasteiger partial charge in [0.15, 0.2) is 18.4 Å². The molecule has 1 aromatic carbocycles. The zero-order valence-corrected chi connectivity index (χ0v) is 46.8. The summed E-state index contributed by atoms with van der Waals surface area (Å²) >= 11 is 0. The van der Waals surface area contributed by atoms with Gasteiger partial charge in [-0.3, -0.25) is 19.2 Å². The quantitative estimate of drug-likeness (QED) is 0.0204. The zero-order chi connectivity index (χ0) is 54.0. The number of benzene rings is 1. The number of hydrogen-bond donors (Lipinski definition) is 0. The number of carbonyl (C=O) groups excluding carboxylic acids is 4. The normalized spacial score (nSPS) is 10.8. The highest BCUT2D eigenvalue weighted by atomic mass is 16.7. The highest BCUT2D eigenvalue weighted by Gasteiger charge is 2.27. The van der Waals surface area contributed by atoms with Crippen LogP contribution in [0.2, 0.25) is 0 Å². The van der Waals surface area contributed by atoms with Crippen LogP contribution in [0.25, 0.3) is 0 Å². The molecule has 1 amide bonds. The molecule has 0 heterocycles. The summed E-state index contributed by atoms with van der Waals surface area (Å²) in [4.78, 5) is 57.4. The van der Waals surface area contributed by atoms with E-state index in [9.17, 15) is 19.2 Å². The highest BCUT2D eigenvalue weighted by molar-refractivity contribution is 5.97. The second-order valence-corrected chi connectivity index (χ2v) is 18.7. The van der Waals surface area contributed by atoms with Gasteiger partial charge >= 0.3 is 11.9 Å². The standard InChI is InChI=1S/C62H96N2O10/c1-7-11-15-19-23-34-49-69-61(70-50-35-24-20-16-12-8-2)43-32-30-41-59(67)73-53-56(64(48-38-47-63(5)6)58(66)46-45-57(65)55-39-28-27-29-40-55)54-74-60(68)42-31-33-44-62(71-51-36-25-21-17-13-9-3)72-52-37-26-22-18-14-10-4/h27-29,39-40,56,61-62H,7-18,30-38,41-54H2,1-6H3. The predicted molar refractivity (Wildman–Crippen MR) is 297 cm³/mol. The van der Waals surface area contributed by atoms with E-state index in [4.69, 9.17) is 28.4 Å². The molecule has 0 atom stereocenters. The lowest BCUT2D eigenvalue weighted by molar-refractivity contribution is -0.155. The molecule has 0 radical (unpaired) electrons. The number of unbranched alkanes of at least 4 members (excludes halogenated alkanes) is 10. The molecule has 0 unspecified atom stereocenters. The number of hydrogen-bond acceptors (Lipinski definition) is 11. The third-order valence-electron chi connectivity index (χ3n) is 11.7. The van der Waals surface area contributed by atoms with Gasteiger partial charge in [0.1, 0.15) is 13.2 Å². The van der Waals surface area contributed by atoms with Crippen LogP contribution in [0.4, 0.5) is 0 Å². The molecular formula is C62H96N2O10. The van der Waals surface area contributed by atoms with Crippen molar-refractivity contribution in [3.05, 3.63) is 35.9 Å². The van der Waals surface area contributed by atoms with Crippen molar-refractivity contribution in [2.75, 3.05) is 66.8 Å². The summed E-state index contributed by atoms with van der Waals surface area (Å²) < 4.78 is 36.0. The maximum absolute atomic E-state index is 14.1. The van der Waals surface area contributed by atoms with Crippen LogP contribution >= 0.6 is 0 Å². The number of rotatable bonds is 43. The number of carbonyl (C=O) groups is 4. The SMILES string of the molecule is CCCCC#CCCOC(CCCCC(=O)OCC(COC(=O)CCCCC(OCCC#CCCCC)OCCC#CCCCC)N(CCCN(C)C)C(=O)CCC(=O)c1ccccc1)OCCC#CCCCC. The number of amides is 1. The summed E-state index contributed by atoms with van der Waals surface area (Å²) in [6.45, 7) is 11.1. The minimum atomic E-state index is -0.757. The molecule has 12 nitrogen and oxygen atoms in total. The number of nitrogens with zero attached hydrogens (tertiary/aromatic N) is 2. The summed E-state index contributed by atoms with van der Waals surface area (Å²) in [6.07, 6.45) is 18.5. The Morgan fingerprint density at radius 3 is 1.23 bits per heavy atom. The summed E-state index contributed by atoms with van der Waals surface area (Å²) in [5.41, 5.74) is 0.534. The van der Waals surface area contributed by atoms with Crippen molar-refractivity contribution in [2.24, 2.45) is 0 Å². The molecule has 12 heteroatoms. The van der Waals surface area contributed by atoms with Crippen molar-refractivity contribution in [1.82, 2.24) is 9.80 Å². The van der Waals surface area contributed by atoms with Crippen LogP contribution in [0, 0.1) is 47.4 Å². The molecule has 0 aliphatic heterocycles. The second-order valence-electron chi connectivity index (χ2n) is 18.7. The van der Waals surface area contributed by atoms with E-state index in [-0.39, 0.29) is 50.6 Å². The Morgan fingerprint density at radius 1 is 0.459 bits per heavy atom. The summed E-state index contributed by atoms with van der Waals surface area (Å²) in [7, 11) is 3.91. The van der Waals surface area contributed by atoms with E-state index in [1.807, 2.05) is 25.1 Å². The maximum Gasteiger partial charge on any atom is 0.305 e. The molecule has 0 spiro atoms. The Bertz CT molecular complexity index is 1700. The lowest BCUT2D eigenvalue weighted by atomic mass is 10.1. The third-order valence-corrected chi connectivity index (χ3v) is 11.7. The summed E-state index contributed by atoms with van der Waals surface area (Å²) in [6, 6.07) is 8.13. The predicted octanol–water partition coefficient (Wildman–Crippen LogP) is 12.1. The Kier molecular flexibility index (Phi) is 44.8. The largest absolute Gasteiger partial charge is 0.463 e. The fourth-order valence-electron chi connectivity index (χ4n) is 7.27. The smallest absolute Gasteiger partial charge is 0.305 e. The first-order valence-electron chi connectivity index (χ1n) is 28.3. The molecule has 1 aromatic rings. The maximum atomic E-state index is 14.1. The molecule has 0 aliphatic carbocycles. The summed E-state index contributed by atoms with van der Waals surface area (Å²) in [5, 5.41) is 0. The minimum Gasteiger partial charge on any atom is -0.463 e. The van der Waals surface area contributed by atoms with Gasteiger partial charge in [-0.1, -0.05) is 83.7 Å². The van der Waals surface area contributed by atoms with E-state index < -0.39 is 30.6 Å². The summed E-state index contributed by atoms with van der Waals surface area (Å²) in [5.74, 6) is 24.3. The van der Waals surface area contributed by atoms with E-state index in [0.717, 1.165) is 77.0 Å². The lowest BCUT2D eigenvalue weighted by Crippen LogP contribution is -2.47. The molecule has 1 rings (SSSR count). The monoisotopic (exact) mass is 1030 g/mol. The zero-order valence-electron chi connectivity index (χ0n) is 46.8. The molecular weight excluding hydrogens is 933 g/mol. The first kappa shape index (κ1) is 67.4. The Morgan fingerprint density at radius 2 is 0.851 bits per heavy atom. The van der Waals surface area contributed by atoms with Crippen molar-refractivity contribution >= 4 is 23.6 Å². The average Bonchev–Trinajstić information content (AvgIpc) is 3.40. The van der Waals surface area contributed by atoms with E-state index in [1.165, 1.54) is 0 Å². The van der Waals surface area contributed by atoms with Crippen molar-refractivity contribution in [1.29, 1.82) is 0 Å². The van der Waals surface area contributed by atoms with Crippen LogP contribution in [0.1, 0.15) is 211 Å². The van der Waals surface area contributed by atoms with Crippen LogP contribution < -0.4 is 0 Å². The molecule has 0 fully saturated rings. The molecule has 0 saturated heterocycles. The van der Waals surface area contributed by atoms with Crippen LogP contribution in [0.15, 0.2) is 30.3 Å². The molecule has 0 aromatic heterocycles. The number of ketones is 1. The first-order chi connectivity index (χ1) is 36.1. The Hall–Kier alpha value is -4.66. The van der Waals surface area contributed by atoms with Gasteiger partial charge in [-0.2, -0.15) is 0 Å². The molecule has 0 N–H and O–H groups in total. The van der Waals surface area contributed by atoms with Gasteiger partial charge in [-0.05, 0) is 91.3 Å². The van der Waals surface area contributed by atoms with E-state index in [2.05, 4.69) is 75.1 Å². The van der Waals surface area contributed by atoms with Crippen molar-refractivity contribution in [3.63, 3.8) is 0 Å². The van der Waals surface area contributed by atoms with Gasteiger partial charge in [0.25, 0.3) is 0 Å². The topological polar surface area (TPSA) is 130 Å². The van der Waals surface area contributed by atoms with Gasteiger partial charge in [0.2, 0.25) is 5.91 Å². The number of esters is 2. The fourth-order valence-corrected chi connectivity index (χ4v) is 7.27. The lowest BCUT2D eigenvalue weighted by Gasteiger charge is -2.32. The van der Waals surface area contributed by atoms with Gasteiger partial charge in [0.05, 0.1) is 32.5 Å². The van der Waals surface area contributed by atoms with Gasteiger partial charge in [0, 0.05) is 89.2 Å². The van der Waals surface area contributed by atoms with Crippen molar-refractivity contribution < 1.29 is 47.6 Å². The second kappa shape index (κ2) is 49.2. The van der Waals surface area contributed by atoms with E-state index >= 15 is 0 Å². The third kappa shape index (κ3) is 39.8. The van der Waals surface area contributed by atoms with Gasteiger partial charge in [-0.25, -0.2) is 0 Å². The van der Waals surface area contributed by atoms with Crippen LogP contribution in [-0.4, -0.2) is 119 Å². The fraction of sp³-hybridized carbons (Fsp3) is 0.710. The molecule has 0 aliphatic rings. The first-order valence-corrected chi connectivity index (χ1v) is 28.3. The van der Waals surface area contributed by atoms with E-state index in [1.54, 1.807) is 29.2 Å². The number of ether oxygens (including phenoxy) is 6. The van der Waals surface area contributed by atoms with Gasteiger partial charge in [-0.15, -0.1) is 47.4 Å². The molecule has 74 heavy (non-hydrogen) atoms. The van der Waals surface area contributed by atoms with Gasteiger partial charge < -0.3 is 38.2 Å². The number of Topliss-reactive ketones (excluding diaryl/α,β-unsaturated/α-hetero) is 1. The average molecular weight is 1030 g/mol. The Balaban J connectivity index is 3.03. The van der Waals surface area contributed by atoms with Crippen LogP contribution in [0.5, 0.6) is 0 Å². The van der Waals surface area contributed by atoms with Crippen molar-refractivity contribution in [2.45, 2.75) is 220 Å². The Labute approximate surface area is 449 Å². The minimum absolute atomic E-state index is 0.0135. The molecule has 414 valence electrons.